The number of hydrogen-bond donors (Lipinski definition) is 2. The van der Waals surface area contributed by atoms with Gasteiger partial charge in [0, 0.05) is 19.5 Å². The molecule has 2 N–H and O–H groups in total. The van der Waals surface area contributed by atoms with Gasteiger partial charge in [-0.3, -0.25) is 9.59 Å². The summed E-state index contributed by atoms with van der Waals surface area (Å²) in [5.41, 5.74) is 5.23. The smallest absolute Gasteiger partial charge is 0.223 e. The van der Waals surface area contributed by atoms with E-state index in [2.05, 4.69) is 43.2 Å². The zero-order valence-electron chi connectivity index (χ0n) is 22.5. The second kappa shape index (κ2) is 16.4. The van der Waals surface area contributed by atoms with E-state index in [1.165, 1.54) is 10.4 Å². The summed E-state index contributed by atoms with van der Waals surface area (Å²) in [6.45, 7) is 19.4. The van der Waals surface area contributed by atoms with Crippen molar-refractivity contribution in [3.05, 3.63) is 41.0 Å². The van der Waals surface area contributed by atoms with E-state index in [-0.39, 0.29) is 23.5 Å². The molecule has 1 aliphatic rings. The molecular formula is C27H45N3O3S. The van der Waals surface area contributed by atoms with Crippen molar-refractivity contribution in [1.29, 1.82) is 0 Å². The average Bonchev–Trinajstić information content (AvgIpc) is 3.44. The van der Waals surface area contributed by atoms with Crippen LogP contribution in [0, 0.1) is 12.3 Å². The molecule has 1 aromatic heterocycles. The predicted octanol–water partition coefficient (Wildman–Crippen LogP) is 5.99. The molecule has 1 fully saturated rings. The molecule has 2 atom stereocenters. The molecule has 2 aromatic rings. The number of aromatic nitrogens is 1. The van der Waals surface area contributed by atoms with Crippen molar-refractivity contribution in [1.82, 2.24) is 15.2 Å². The van der Waals surface area contributed by atoms with Crippen LogP contribution in [-0.4, -0.2) is 46.5 Å². The number of carbonyl (C=O) groups excluding carboxylic acids is 2. The van der Waals surface area contributed by atoms with E-state index in [1.54, 1.807) is 16.2 Å². The highest BCUT2D eigenvalue weighted by Crippen LogP contribution is 2.28. The SMILES string of the molecule is CC.CC.CC(C)(C)CC(=O)N1CCC(O)C1.Cc1ncsc1-c1ccc(C(C)NC=O)cc1. The maximum atomic E-state index is 11.6. The van der Waals surface area contributed by atoms with Crippen molar-refractivity contribution in [2.24, 2.45) is 5.41 Å². The third kappa shape index (κ3) is 11.3. The molecule has 1 saturated heterocycles. The summed E-state index contributed by atoms with van der Waals surface area (Å²) in [5.74, 6) is 0.170. The highest BCUT2D eigenvalue weighted by atomic mass is 32.1. The fourth-order valence-electron chi connectivity index (χ4n) is 3.23. The van der Waals surface area contributed by atoms with Gasteiger partial charge in [-0.1, -0.05) is 72.7 Å². The number of aryl methyl sites for hydroxylation is 1. The van der Waals surface area contributed by atoms with Gasteiger partial charge in [-0.15, -0.1) is 11.3 Å². The Morgan fingerprint density at radius 2 is 1.82 bits per heavy atom. The lowest BCUT2D eigenvalue weighted by Gasteiger charge is -2.22. The van der Waals surface area contributed by atoms with Crippen molar-refractivity contribution in [2.45, 2.75) is 87.3 Å². The Hall–Kier alpha value is -2.25. The molecule has 0 spiro atoms. The lowest BCUT2D eigenvalue weighted by molar-refractivity contribution is -0.132. The minimum absolute atomic E-state index is 0.0455. The maximum absolute atomic E-state index is 11.6. The Morgan fingerprint density at radius 1 is 1.24 bits per heavy atom. The van der Waals surface area contributed by atoms with Crippen LogP contribution in [0.5, 0.6) is 0 Å². The number of nitrogens with one attached hydrogen (secondary N) is 1. The molecule has 0 saturated carbocycles. The lowest BCUT2D eigenvalue weighted by atomic mass is 9.92. The quantitative estimate of drug-likeness (QED) is 0.503. The normalized spacial score (nSPS) is 15.5. The van der Waals surface area contributed by atoms with E-state index in [9.17, 15) is 14.7 Å². The summed E-state index contributed by atoms with van der Waals surface area (Å²) in [7, 11) is 0. The monoisotopic (exact) mass is 491 g/mol. The van der Waals surface area contributed by atoms with Gasteiger partial charge in [0.1, 0.15) is 0 Å². The Labute approximate surface area is 210 Å². The number of carbonyl (C=O) groups is 2. The average molecular weight is 492 g/mol. The highest BCUT2D eigenvalue weighted by molar-refractivity contribution is 7.13. The van der Waals surface area contributed by atoms with E-state index in [4.69, 9.17) is 0 Å². The standard InChI is InChI=1S/C13H14N2OS.C10H19NO2.2C2H6/c1-9(14-7-16)11-3-5-12(6-4-11)13-10(2)15-8-17-13;1-10(2,3)6-9(13)11-5-4-8(12)7-11;2*1-2/h3-9H,1-2H3,(H,14,16);8,12H,4-7H2,1-3H3;2*1-2H3. The number of thiazole rings is 1. The summed E-state index contributed by atoms with van der Waals surface area (Å²) in [5, 5.41) is 12.0. The molecule has 34 heavy (non-hydrogen) atoms. The van der Waals surface area contributed by atoms with Crippen LogP contribution < -0.4 is 5.32 Å². The molecule has 6 nitrogen and oxygen atoms in total. The molecule has 0 aliphatic carbocycles. The first kappa shape index (κ1) is 31.8. The van der Waals surface area contributed by atoms with Crippen molar-refractivity contribution in [2.75, 3.05) is 13.1 Å². The predicted molar refractivity (Wildman–Crippen MR) is 144 cm³/mol. The third-order valence-corrected chi connectivity index (χ3v) is 5.91. The lowest BCUT2D eigenvalue weighted by Crippen LogP contribution is -2.32. The van der Waals surface area contributed by atoms with E-state index in [0.29, 0.717) is 13.0 Å². The van der Waals surface area contributed by atoms with Crippen LogP contribution in [0.3, 0.4) is 0 Å². The first-order valence-corrected chi connectivity index (χ1v) is 13.1. The number of hydrogen-bond acceptors (Lipinski definition) is 5. The van der Waals surface area contributed by atoms with Crippen LogP contribution in [0.25, 0.3) is 10.4 Å². The second-order valence-corrected chi connectivity index (χ2v) is 9.77. The number of aliphatic hydroxyl groups excluding tert-OH is 1. The molecule has 0 radical (unpaired) electrons. The molecule has 3 rings (SSSR count). The number of rotatable bonds is 5. The first-order valence-electron chi connectivity index (χ1n) is 12.3. The van der Waals surface area contributed by atoms with Gasteiger partial charge in [-0.25, -0.2) is 4.98 Å². The number of aliphatic hydroxyl groups is 1. The number of benzene rings is 1. The van der Waals surface area contributed by atoms with Crippen LogP contribution in [-0.2, 0) is 9.59 Å². The fourth-order valence-corrected chi connectivity index (χ4v) is 4.05. The molecule has 0 bridgehead atoms. The van der Waals surface area contributed by atoms with Crippen molar-refractivity contribution >= 4 is 23.7 Å². The molecule has 192 valence electrons. The van der Waals surface area contributed by atoms with Gasteiger partial charge in [0.15, 0.2) is 0 Å². The zero-order valence-corrected chi connectivity index (χ0v) is 23.3. The Morgan fingerprint density at radius 3 is 2.24 bits per heavy atom. The summed E-state index contributed by atoms with van der Waals surface area (Å²) in [6.07, 6.45) is 1.73. The van der Waals surface area contributed by atoms with Crippen molar-refractivity contribution in [3.63, 3.8) is 0 Å². The van der Waals surface area contributed by atoms with Crippen LogP contribution in [0.15, 0.2) is 29.8 Å². The zero-order chi connectivity index (χ0) is 26.3. The number of β-amino-alcohol motifs (C(OH)–C–C–N with tert-alkyl or cyclic N) is 1. The summed E-state index contributed by atoms with van der Waals surface area (Å²) < 4.78 is 0. The summed E-state index contributed by atoms with van der Waals surface area (Å²) in [4.78, 5) is 29.2. The topological polar surface area (TPSA) is 82.5 Å². The van der Waals surface area contributed by atoms with Crippen LogP contribution in [0.2, 0.25) is 0 Å². The molecular weight excluding hydrogens is 446 g/mol. The Balaban J connectivity index is 0.000000574. The van der Waals surface area contributed by atoms with Gasteiger partial charge in [-0.05, 0) is 36.8 Å². The van der Waals surface area contributed by atoms with Gasteiger partial charge < -0.3 is 15.3 Å². The molecule has 2 heterocycles. The van der Waals surface area contributed by atoms with E-state index in [1.807, 2.05) is 59.2 Å². The molecule has 1 aromatic carbocycles. The first-order chi connectivity index (χ1) is 16.1. The number of nitrogens with zero attached hydrogens (tertiary/aromatic N) is 2. The third-order valence-electron chi connectivity index (χ3n) is 4.93. The van der Waals surface area contributed by atoms with E-state index < -0.39 is 0 Å². The van der Waals surface area contributed by atoms with Crippen molar-refractivity contribution < 1.29 is 14.7 Å². The summed E-state index contributed by atoms with van der Waals surface area (Å²) >= 11 is 1.64. The van der Waals surface area contributed by atoms with Gasteiger partial charge in [0.05, 0.1) is 28.2 Å². The van der Waals surface area contributed by atoms with Crippen LogP contribution in [0.4, 0.5) is 0 Å². The Bertz CT molecular complexity index is 828. The van der Waals surface area contributed by atoms with Crippen LogP contribution in [0.1, 0.15) is 85.5 Å². The van der Waals surface area contributed by atoms with E-state index in [0.717, 1.165) is 30.6 Å². The van der Waals surface area contributed by atoms with Gasteiger partial charge in [-0.2, -0.15) is 0 Å². The molecule has 2 unspecified atom stereocenters. The minimum atomic E-state index is -0.302. The number of likely N-dealkylation sites (tertiary alicyclic amines) is 1. The van der Waals surface area contributed by atoms with E-state index >= 15 is 0 Å². The van der Waals surface area contributed by atoms with Gasteiger partial charge >= 0.3 is 0 Å². The van der Waals surface area contributed by atoms with Crippen molar-refractivity contribution in [3.8, 4) is 10.4 Å². The van der Waals surface area contributed by atoms with Gasteiger partial charge in [0.25, 0.3) is 0 Å². The second-order valence-electron chi connectivity index (χ2n) is 8.91. The van der Waals surface area contributed by atoms with Gasteiger partial charge in [0.2, 0.25) is 12.3 Å². The fraction of sp³-hybridized carbons (Fsp3) is 0.593. The minimum Gasteiger partial charge on any atom is -0.391 e. The highest BCUT2D eigenvalue weighted by Gasteiger charge is 2.27. The summed E-state index contributed by atoms with van der Waals surface area (Å²) in [6, 6.07) is 8.26. The maximum Gasteiger partial charge on any atom is 0.223 e. The Kier molecular flexibility index (Phi) is 15.3. The number of amides is 2. The largest absolute Gasteiger partial charge is 0.391 e. The van der Waals surface area contributed by atoms with Crippen LogP contribution >= 0.6 is 11.3 Å². The molecule has 2 amide bonds. The molecule has 1 aliphatic heterocycles. The molecule has 7 heteroatoms.